The lowest BCUT2D eigenvalue weighted by molar-refractivity contribution is -0.126. The number of methoxy groups -OCH3 is 1. The van der Waals surface area contributed by atoms with Gasteiger partial charge in [0.2, 0.25) is 11.9 Å². The average Bonchev–Trinajstić information content (AvgIpc) is 3.36. The molecule has 0 aliphatic carbocycles. The van der Waals surface area contributed by atoms with Crippen LogP contribution in [-0.2, 0) is 16.1 Å². The molecule has 38 heavy (non-hydrogen) atoms. The average molecular weight is 516 g/mol. The van der Waals surface area contributed by atoms with Gasteiger partial charge in [-0.1, -0.05) is 6.58 Å². The monoisotopic (exact) mass is 515 g/mol. The number of pyridine rings is 1. The summed E-state index contributed by atoms with van der Waals surface area (Å²) >= 11 is 0. The van der Waals surface area contributed by atoms with E-state index in [0.29, 0.717) is 31.1 Å². The molecule has 0 radical (unpaired) electrons. The molecule has 3 aromatic heterocycles. The predicted octanol–water partition coefficient (Wildman–Crippen LogP) is 4.12. The zero-order chi connectivity index (χ0) is 26.8. The number of carbonyl (C=O) groups is 2. The summed E-state index contributed by atoms with van der Waals surface area (Å²) in [6, 6.07) is 7.43. The summed E-state index contributed by atoms with van der Waals surface area (Å²) in [6.45, 7) is 9.32. The summed E-state index contributed by atoms with van der Waals surface area (Å²) in [5.74, 6) is 0.104. The molecular formula is C28H33N7O3. The lowest BCUT2D eigenvalue weighted by Gasteiger charge is -2.26. The second kappa shape index (κ2) is 10.7. The van der Waals surface area contributed by atoms with Gasteiger partial charge in [0.15, 0.2) is 0 Å². The zero-order valence-electron chi connectivity index (χ0n) is 22.1. The molecule has 10 nitrogen and oxygen atoms in total. The van der Waals surface area contributed by atoms with Crippen molar-refractivity contribution in [3.05, 3.63) is 60.6 Å². The Morgan fingerprint density at radius 1 is 1.26 bits per heavy atom. The van der Waals surface area contributed by atoms with E-state index >= 15 is 0 Å². The van der Waals surface area contributed by atoms with Gasteiger partial charge in [0.05, 0.1) is 41.4 Å². The molecule has 4 aromatic rings. The van der Waals surface area contributed by atoms with Gasteiger partial charge in [0, 0.05) is 43.0 Å². The standard InChI is InChI=1S/C28H33N7O3/c1-5-26(36)33-11-7-6-8-22(17-33)35-25-14-24-21(15-30-34(24)16-19(3)38-4)13-23(25)31-28(35)32-27(37)20-9-10-29-18(2)12-20/h5,9-10,12-15,19,22H,1,6-8,11,16-17H2,2-4H3,(H,31,32,37)/t19-,22?/m1/s1. The molecule has 0 saturated carbocycles. The van der Waals surface area contributed by atoms with Gasteiger partial charge in [-0.15, -0.1) is 0 Å². The van der Waals surface area contributed by atoms with Crippen molar-refractivity contribution in [2.24, 2.45) is 0 Å². The van der Waals surface area contributed by atoms with Crippen LogP contribution in [0.4, 0.5) is 5.95 Å². The van der Waals surface area contributed by atoms with Gasteiger partial charge < -0.3 is 14.2 Å². The van der Waals surface area contributed by atoms with Crippen molar-refractivity contribution in [3.8, 4) is 0 Å². The molecule has 1 aliphatic heterocycles. The topological polar surface area (TPSA) is 107 Å². The van der Waals surface area contributed by atoms with E-state index in [2.05, 4.69) is 32.6 Å². The van der Waals surface area contributed by atoms with E-state index < -0.39 is 0 Å². The maximum Gasteiger partial charge on any atom is 0.258 e. The fourth-order valence-electron chi connectivity index (χ4n) is 5.11. The van der Waals surface area contributed by atoms with Crippen LogP contribution < -0.4 is 5.32 Å². The summed E-state index contributed by atoms with van der Waals surface area (Å²) in [5, 5.41) is 8.57. The first-order chi connectivity index (χ1) is 18.4. The summed E-state index contributed by atoms with van der Waals surface area (Å²) in [7, 11) is 1.69. The highest BCUT2D eigenvalue weighted by Crippen LogP contribution is 2.33. The van der Waals surface area contributed by atoms with Crippen LogP contribution in [0.3, 0.4) is 0 Å². The van der Waals surface area contributed by atoms with Gasteiger partial charge in [-0.3, -0.25) is 24.6 Å². The van der Waals surface area contributed by atoms with Crippen LogP contribution in [0.1, 0.15) is 48.3 Å². The van der Waals surface area contributed by atoms with Crippen LogP contribution in [0.2, 0.25) is 0 Å². The fraction of sp³-hybridized carbons (Fsp3) is 0.393. The zero-order valence-corrected chi connectivity index (χ0v) is 22.1. The van der Waals surface area contributed by atoms with Gasteiger partial charge in [0.1, 0.15) is 0 Å². The number of hydrogen-bond acceptors (Lipinski definition) is 6. The summed E-state index contributed by atoms with van der Waals surface area (Å²) in [5.41, 5.74) is 3.86. The smallest absolute Gasteiger partial charge is 0.258 e. The quantitative estimate of drug-likeness (QED) is 0.371. The Kier molecular flexibility index (Phi) is 7.24. The molecule has 2 atom stereocenters. The first-order valence-electron chi connectivity index (χ1n) is 12.9. The maximum absolute atomic E-state index is 13.3. The second-order valence-electron chi connectivity index (χ2n) is 9.86. The number of likely N-dealkylation sites (tertiary alicyclic amines) is 1. The number of imidazole rings is 1. The molecular weight excluding hydrogens is 482 g/mol. The molecule has 1 aromatic carbocycles. The normalized spacial score (nSPS) is 16.9. The molecule has 1 aliphatic rings. The Morgan fingerprint density at radius 2 is 2.11 bits per heavy atom. The van der Waals surface area contributed by atoms with E-state index in [1.165, 1.54) is 6.08 Å². The third-order valence-electron chi connectivity index (χ3n) is 7.17. The lowest BCUT2D eigenvalue weighted by Crippen LogP contribution is -2.34. The van der Waals surface area contributed by atoms with Crippen molar-refractivity contribution < 1.29 is 14.3 Å². The van der Waals surface area contributed by atoms with Crippen LogP contribution in [0.25, 0.3) is 21.9 Å². The highest BCUT2D eigenvalue weighted by atomic mass is 16.5. The van der Waals surface area contributed by atoms with Crippen molar-refractivity contribution in [3.63, 3.8) is 0 Å². The van der Waals surface area contributed by atoms with Crippen molar-refractivity contribution >= 4 is 39.7 Å². The summed E-state index contributed by atoms with van der Waals surface area (Å²) < 4.78 is 9.47. The van der Waals surface area contributed by atoms with E-state index in [-0.39, 0.29) is 24.0 Å². The number of carbonyl (C=O) groups excluding carboxylic acids is 2. The fourth-order valence-corrected chi connectivity index (χ4v) is 5.11. The van der Waals surface area contributed by atoms with Crippen LogP contribution >= 0.6 is 0 Å². The molecule has 1 unspecified atom stereocenters. The summed E-state index contributed by atoms with van der Waals surface area (Å²) in [6.07, 6.45) is 7.52. The molecule has 198 valence electrons. The van der Waals surface area contributed by atoms with E-state index in [0.717, 1.165) is 46.9 Å². The SMILES string of the molecule is C=CC(=O)N1CCCCC(n2c(NC(=O)c3ccnc(C)c3)nc3cc4cnn(C[C@@H](C)OC)c4cc32)C1. The number of amides is 2. The Labute approximate surface area is 221 Å². The maximum atomic E-state index is 13.3. The number of ether oxygens (including phenoxy) is 1. The van der Waals surface area contributed by atoms with E-state index in [1.807, 2.05) is 35.7 Å². The van der Waals surface area contributed by atoms with E-state index in [9.17, 15) is 9.59 Å². The number of nitrogens with one attached hydrogen (secondary N) is 1. The Morgan fingerprint density at radius 3 is 2.87 bits per heavy atom. The van der Waals surface area contributed by atoms with Crippen molar-refractivity contribution in [2.45, 2.75) is 51.8 Å². The molecule has 0 spiro atoms. The Bertz CT molecular complexity index is 1510. The van der Waals surface area contributed by atoms with Gasteiger partial charge >= 0.3 is 0 Å². The number of anilines is 1. The predicted molar refractivity (Wildman–Crippen MR) is 146 cm³/mol. The highest BCUT2D eigenvalue weighted by molar-refractivity contribution is 6.04. The molecule has 10 heteroatoms. The summed E-state index contributed by atoms with van der Waals surface area (Å²) in [4.78, 5) is 36.7. The molecule has 2 amide bonds. The number of rotatable bonds is 7. The molecule has 1 saturated heterocycles. The van der Waals surface area contributed by atoms with Gasteiger partial charge in [-0.05, 0) is 63.5 Å². The highest BCUT2D eigenvalue weighted by Gasteiger charge is 2.27. The first-order valence-corrected chi connectivity index (χ1v) is 12.9. The molecule has 1 N–H and O–H groups in total. The Balaban J connectivity index is 1.62. The van der Waals surface area contributed by atoms with Crippen molar-refractivity contribution in [1.82, 2.24) is 29.2 Å². The minimum absolute atomic E-state index is 0.00212. The molecule has 4 heterocycles. The number of aryl methyl sites for hydroxylation is 1. The van der Waals surface area contributed by atoms with Gasteiger partial charge in [-0.25, -0.2) is 4.98 Å². The van der Waals surface area contributed by atoms with Crippen molar-refractivity contribution in [1.29, 1.82) is 0 Å². The number of hydrogen-bond donors (Lipinski definition) is 1. The third-order valence-corrected chi connectivity index (χ3v) is 7.17. The van der Waals surface area contributed by atoms with E-state index in [1.54, 1.807) is 25.4 Å². The molecule has 1 fully saturated rings. The van der Waals surface area contributed by atoms with Crippen LogP contribution in [0, 0.1) is 6.92 Å². The minimum atomic E-state index is -0.260. The third kappa shape index (κ3) is 5.04. The van der Waals surface area contributed by atoms with Gasteiger partial charge in [-0.2, -0.15) is 5.10 Å². The molecule has 5 rings (SSSR count). The number of aromatic nitrogens is 5. The number of nitrogens with zero attached hydrogens (tertiary/aromatic N) is 6. The van der Waals surface area contributed by atoms with E-state index in [4.69, 9.17) is 9.72 Å². The number of fused-ring (bicyclic) bond motifs is 2. The molecule has 0 bridgehead atoms. The van der Waals surface area contributed by atoms with Gasteiger partial charge in [0.25, 0.3) is 5.91 Å². The van der Waals surface area contributed by atoms with Crippen LogP contribution in [0.5, 0.6) is 0 Å². The number of benzene rings is 1. The first kappa shape index (κ1) is 25.6. The van der Waals surface area contributed by atoms with Crippen molar-refractivity contribution in [2.75, 3.05) is 25.5 Å². The largest absolute Gasteiger partial charge is 0.380 e. The van der Waals surface area contributed by atoms with Crippen LogP contribution in [-0.4, -0.2) is 67.3 Å². The lowest BCUT2D eigenvalue weighted by atomic mass is 10.1. The second-order valence-corrected chi connectivity index (χ2v) is 9.86. The minimum Gasteiger partial charge on any atom is -0.380 e. The Hall–Kier alpha value is -4.05. The van der Waals surface area contributed by atoms with Crippen LogP contribution in [0.15, 0.2) is 49.3 Å².